The molecule has 246 valence electrons. The molecule has 2 heteroatoms. The molecule has 11 rings (SSSR count). The number of rotatable bonds is 4. The molecule has 2 nitrogen and oxygen atoms in total. The van der Waals surface area contributed by atoms with E-state index in [0.29, 0.717) is 0 Å². The molecule has 2 aliphatic rings. The number of hydrogen-bond donors (Lipinski definition) is 2. The van der Waals surface area contributed by atoms with Crippen molar-refractivity contribution < 1.29 is 0 Å². The van der Waals surface area contributed by atoms with Gasteiger partial charge in [-0.2, -0.15) is 0 Å². The van der Waals surface area contributed by atoms with Gasteiger partial charge in [-0.05, 0) is 117 Å². The Balaban J connectivity index is 0.923. The van der Waals surface area contributed by atoms with Gasteiger partial charge in [-0.1, -0.05) is 121 Å². The highest BCUT2D eigenvalue weighted by Crippen LogP contribution is 2.38. The summed E-state index contributed by atoms with van der Waals surface area (Å²) >= 11 is 0. The topological polar surface area (TPSA) is 31.6 Å². The normalized spacial score (nSPS) is 14.3. The van der Waals surface area contributed by atoms with Crippen molar-refractivity contribution in [3.8, 4) is 0 Å². The predicted molar refractivity (Wildman–Crippen MR) is 226 cm³/mol. The Labute approximate surface area is 302 Å². The molecule has 0 spiro atoms. The summed E-state index contributed by atoms with van der Waals surface area (Å²) in [6.45, 7) is 0. The summed E-state index contributed by atoms with van der Waals surface area (Å²) < 4.78 is 0. The highest BCUT2D eigenvalue weighted by molar-refractivity contribution is 6.23. The van der Waals surface area contributed by atoms with Crippen molar-refractivity contribution >= 4 is 102 Å². The molecule has 0 saturated carbocycles. The predicted octanol–water partition coefficient (Wildman–Crippen LogP) is 13.5. The summed E-state index contributed by atoms with van der Waals surface area (Å²) in [6.07, 6.45) is 22.5. The zero-order valence-corrected chi connectivity index (χ0v) is 28.8. The third-order valence-corrected chi connectivity index (χ3v) is 11.4. The number of H-pyrrole nitrogens is 2. The molecular formula is C50H36N2. The number of aromatic nitrogens is 2. The van der Waals surface area contributed by atoms with Gasteiger partial charge in [0, 0.05) is 43.4 Å². The maximum Gasteiger partial charge on any atom is 0.0544 e. The SMILES string of the molecule is C1=Cc2cc(/C=C/c3ccc4c(ccc5c6cc7[nH]c8c9ccc(/C=C/c%10ccc%11c(c%10)C=CCC%11)cc9ccc8c7cc6[nH]c45)c3)ccc2CC1. The highest BCUT2D eigenvalue weighted by atomic mass is 14.7. The van der Waals surface area contributed by atoms with Gasteiger partial charge in [-0.25, -0.2) is 0 Å². The monoisotopic (exact) mass is 664 g/mol. The fraction of sp³-hybridized carbons (Fsp3) is 0.0800. The first-order chi connectivity index (χ1) is 25.7. The van der Waals surface area contributed by atoms with E-state index in [4.69, 9.17) is 0 Å². The first kappa shape index (κ1) is 29.4. The van der Waals surface area contributed by atoms with Gasteiger partial charge in [0.25, 0.3) is 0 Å². The second kappa shape index (κ2) is 11.6. The molecule has 0 amide bonds. The van der Waals surface area contributed by atoms with Crippen molar-refractivity contribution in [1.29, 1.82) is 0 Å². The lowest BCUT2D eigenvalue weighted by molar-refractivity contribution is 0.985. The van der Waals surface area contributed by atoms with E-state index >= 15 is 0 Å². The van der Waals surface area contributed by atoms with Crippen molar-refractivity contribution in [2.24, 2.45) is 0 Å². The standard InChI is InChI=1S/C50H36N2/c1-3-7-37-25-31(13-17-35(37)5-1)9-11-33-15-21-41-39(27-33)19-23-43-45-29-48-46(30-47(45)51-49(41)43)44-24-20-40-28-34(16-22-42(40)50(44)52-48)12-10-32-14-18-36-6-2-4-8-38(36)26-32/h3-4,7-30,51-52H,1-2,5-6H2/b11-9+,12-10+. The number of benzene rings is 7. The molecule has 0 aliphatic heterocycles. The molecule has 0 bridgehead atoms. The quantitative estimate of drug-likeness (QED) is 0.176. The van der Waals surface area contributed by atoms with Crippen LogP contribution >= 0.6 is 0 Å². The van der Waals surface area contributed by atoms with E-state index in [2.05, 4.69) is 168 Å². The lowest BCUT2D eigenvalue weighted by Crippen LogP contribution is -1.93. The first-order valence-electron chi connectivity index (χ1n) is 18.5. The van der Waals surface area contributed by atoms with Crippen molar-refractivity contribution in [2.75, 3.05) is 0 Å². The first-order valence-corrected chi connectivity index (χ1v) is 18.5. The zero-order valence-electron chi connectivity index (χ0n) is 28.8. The molecule has 2 N–H and O–H groups in total. The van der Waals surface area contributed by atoms with Crippen LogP contribution in [0.25, 0.3) is 102 Å². The van der Waals surface area contributed by atoms with Crippen molar-refractivity contribution in [3.05, 3.63) is 166 Å². The Bertz CT molecular complexity index is 2860. The minimum Gasteiger partial charge on any atom is -0.354 e. The van der Waals surface area contributed by atoms with E-state index in [1.807, 2.05) is 0 Å². The van der Waals surface area contributed by atoms with Gasteiger partial charge < -0.3 is 9.97 Å². The van der Waals surface area contributed by atoms with Gasteiger partial charge in [-0.15, -0.1) is 0 Å². The van der Waals surface area contributed by atoms with E-state index < -0.39 is 0 Å². The molecule has 0 unspecified atom stereocenters. The Kier molecular flexibility index (Phi) is 6.54. The molecule has 9 aromatic rings. The van der Waals surface area contributed by atoms with E-state index in [0.717, 1.165) is 25.7 Å². The molecular weight excluding hydrogens is 629 g/mol. The van der Waals surface area contributed by atoms with Crippen LogP contribution in [-0.4, -0.2) is 9.97 Å². The van der Waals surface area contributed by atoms with Crippen LogP contribution in [0.4, 0.5) is 0 Å². The maximum atomic E-state index is 3.81. The summed E-state index contributed by atoms with van der Waals surface area (Å²) in [4.78, 5) is 7.63. The molecule has 2 aliphatic carbocycles. The second-order valence-electron chi connectivity index (χ2n) is 14.6. The van der Waals surface area contributed by atoms with Gasteiger partial charge in [-0.3, -0.25) is 0 Å². The summed E-state index contributed by atoms with van der Waals surface area (Å²) in [7, 11) is 0. The molecule has 2 heterocycles. The minimum atomic E-state index is 1.14. The lowest BCUT2D eigenvalue weighted by Gasteiger charge is -2.10. The summed E-state index contributed by atoms with van der Waals surface area (Å²) in [6, 6.07) is 41.0. The minimum absolute atomic E-state index is 1.14. The molecule has 0 radical (unpaired) electrons. The third kappa shape index (κ3) is 4.86. The number of aromatic amines is 2. The van der Waals surface area contributed by atoms with E-state index in [1.165, 1.54) is 110 Å². The highest BCUT2D eigenvalue weighted by Gasteiger charge is 2.14. The van der Waals surface area contributed by atoms with Crippen molar-refractivity contribution in [3.63, 3.8) is 0 Å². The number of allylic oxidation sites excluding steroid dienone is 2. The number of hydrogen-bond acceptors (Lipinski definition) is 0. The van der Waals surface area contributed by atoms with Crippen LogP contribution < -0.4 is 0 Å². The Morgan fingerprint density at radius 1 is 0.385 bits per heavy atom. The Morgan fingerprint density at radius 2 is 0.808 bits per heavy atom. The fourth-order valence-corrected chi connectivity index (χ4v) is 8.63. The summed E-state index contributed by atoms with van der Waals surface area (Å²) in [5.41, 5.74) is 15.2. The van der Waals surface area contributed by atoms with Crippen LogP contribution in [0.3, 0.4) is 0 Å². The Morgan fingerprint density at radius 3 is 1.29 bits per heavy atom. The average molecular weight is 665 g/mol. The van der Waals surface area contributed by atoms with Crippen LogP contribution in [0.15, 0.2) is 121 Å². The lowest BCUT2D eigenvalue weighted by atomic mass is 9.95. The summed E-state index contributed by atoms with van der Waals surface area (Å²) in [5.74, 6) is 0. The number of fused-ring (bicyclic) bond motifs is 12. The smallest absolute Gasteiger partial charge is 0.0544 e. The second-order valence-corrected chi connectivity index (χ2v) is 14.6. The Hall–Kier alpha value is -6.38. The van der Waals surface area contributed by atoms with E-state index in [9.17, 15) is 0 Å². The van der Waals surface area contributed by atoms with Crippen LogP contribution in [0, 0.1) is 0 Å². The van der Waals surface area contributed by atoms with Crippen LogP contribution in [-0.2, 0) is 12.8 Å². The van der Waals surface area contributed by atoms with Crippen molar-refractivity contribution in [2.45, 2.75) is 25.7 Å². The average Bonchev–Trinajstić information content (AvgIpc) is 3.75. The van der Waals surface area contributed by atoms with Gasteiger partial charge in [0.2, 0.25) is 0 Å². The van der Waals surface area contributed by atoms with E-state index in [1.54, 1.807) is 0 Å². The molecule has 0 fully saturated rings. The van der Waals surface area contributed by atoms with Crippen LogP contribution in [0.5, 0.6) is 0 Å². The fourth-order valence-electron chi connectivity index (χ4n) is 8.63. The number of nitrogens with one attached hydrogen (secondary N) is 2. The van der Waals surface area contributed by atoms with Gasteiger partial charge >= 0.3 is 0 Å². The molecule has 0 saturated heterocycles. The van der Waals surface area contributed by atoms with Crippen LogP contribution in [0.2, 0.25) is 0 Å². The van der Waals surface area contributed by atoms with Crippen LogP contribution in [0.1, 0.15) is 57.3 Å². The van der Waals surface area contributed by atoms with Gasteiger partial charge in [0.05, 0.1) is 11.0 Å². The zero-order chi connectivity index (χ0) is 34.2. The van der Waals surface area contributed by atoms with E-state index in [-0.39, 0.29) is 0 Å². The molecule has 2 aromatic heterocycles. The largest absolute Gasteiger partial charge is 0.354 e. The van der Waals surface area contributed by atoms with Gasteiger partial charge in [0.15, 0.2) is 0 Å². The summed E-state index contributed by atoms with van der Waals surface area (Å²) in [5, 5.41) is 9.98. The maximum absolute atomic E-state index is 3.81. The molecule has 7 aromatic carbocycles. The third-order valence-electron chi connectivity index (χ3n) is 11.4. The number of aryl methyl sites for hydroxylation is 2. The van der Waals surface area contributed by atoms with Crippen molar-refractivity contribution in [1.82, 2.24) is 9.97 Å². The van der Waals surface area contributed by atoms with Gasteiger partial charge in [0.1, 0.15) is 0 Å². The molecule has 52 heavy (non-hydrogen) atoms. The molecule has 0 atom stereocenters.